The van der Waals surface area contributed by atoms with Gasteiger partial charge in [0.05, 0.1) is 6.10 Å². The minimum absolute atomic E-state index is 0.235. The van der Waals surface area contributed by atoms with Crippen LogP contribution in [0.15, 0.2) is 22.7 Å². The van der Waals surface area contributed by atoms with Crippen LogP contribution in [0.2, 0.25) is 0 Å². The standard InChI is InChI=1S/C15H23BrN2O/c1-11-5-6-13(14(16)8-11)15(9-17)18(2)10-12-4-3-7-19-12/h5-6,8,12,15H,3-4,7,9-10,17H2,1-2H3. The summed E-state index contributed by atoms with van der Waals surface area (Å²) in [5.74, 6) is 0. The fourth-order valence-electron chi connectivity index (χ4n) is 2.68. The molecule has 1 heterocycles. The fourth-order valence-corrected chi connectivity index (χ4v) is 3.44. The van der Waals surface area contributed by atoms with Crippen molar-refractivity contribution in [2.75, 3.05) is 26.7 Å². The van der Waals surface area contributed by atoms with Crippen molar-refractivity contribution in [1.82, 2.24) is 4.90 Å². The smallest absolute Gasteiger partial charge is 0.0702 e. The molecule has 4 heteroatoms. The predicted molar refractivity (Wildman–Crippen MR) is 82.3 cm³/mol. The molecule has 0 saturated carbocycles. The van der Waals surface area contributed by atoms with Crippen LogP contribution in [-0.2, 0) is 4.74 Å². The number of hydrogen-bond acceptors (Lipinski definition) is 3. The normalized spacial score (nSPS) is 21.0. The molecule has 1 saturated heterocycles. The molecule has 2 rings (SSSR count). The Morgan fingerprint density at radius 1 is 1.53 bits per heavy atom. The molecule has 0 spiro atoms. The molecular formula is C15H23BrN2O. The van der Waals surface area contributed by atoms with E-state index in [-0.39, 0.29) is 6.04 Å². The van der Waals surface area contributed by atoms with Gasteiger partial charge >= 0.3 is 0 Å². The number of nitrogens with zero attached hydrogens (tertiary/aromatic N) is 1. The minimum Gasteiger partial charge on any atom is -0.377 e. The number of ether oxygens (including phenoxy) is 1. The topological polar surface area (TPSA) is 38.5 Å². The number of hydrogen-bond donors (Lipinski definition) is 1. The van der Waals surface area contributed by atoms with Crippen molar-refractivity contribution in [1.29, 1.82) is 0 Å². The van der Waals surface area contributed by atoms with Gasteiger partial charge in [0.15, 0.2) is 0 Å². The fraction of sp³-hybridized carbons (Fsp3) is 0.600. The molecule has 1 aliphatic heterocycles. The van der Waals surface area contributed by atoms with Gasteiger partial charge in [-0.15, -0.1) is 0 Å². The molecule has 1 aromatic rings. The van der Waals surface area contributed by atoms with E-state index in [4.69, 9.17) is 10.5 Å². The molecule has 0 amide bonds. The molecule has 106 valence electrons. The van der Waals surface area contributed by atoms with Gasteiger partial charge in [-0.1, -0.05) is 28.1 Å². The number of rotatable bonds is 5. The summed E-state index contributed by atoms with van der Waals surface area (Å²) >= 11 is 3.66. The highest BCUT2D eigenvalue weighted by Crippen LogP contribution is 2.28. The minimum atomic E-state index is 0.235. The van der Waals surface area contributed by atoms with Crippen molar-refractivity contribution < 1.29 is 4.74 Å². The van der Waals surface area contributed by atoms with Gasteiger partial charge in [-0.3, -0.25) is 4.90 Å². The highest BCUT2D eigenvalue weighted by atomic mass is 79.9. The van der Waals surface area contributed by atoms with Crippen LogP contribution >= 0.6 is 15.9 Å². The SMILES string of the molecule is Cc1ccc(C(CN)N(C)CC2CCCO2)c(Br)c1. The molecule has 1 aliphatic rings. The van der Waals surface area contributed by atoms with E-state index >= 15 is 0 Å². The number of likely N-dealkylation sites (N-methyl/N-ethyl adjacent to an activating group) is 1. The van der Waals surface area contributed by atoms with Crippen LogP contribution in [0.4, 0.5) is 0 Å². The highest BCUT2D eigenvalue weighted by Gasteiger charge is 2.23. The summed E-state index contributed by atoms with van der Waals surface area (Å²) in [6.07, 6.45) is 2.71. The molecular weight excluding hydrogens is 304 g/mol. The summed E-state index contributed by atoms with van der Waals surface area (Å²) in [6.45, 7) is 4.56. The maximum atomic E-state index is 5.98. The second-order valence-corrected chi connectivity index (χ2v) is 6.21. The van der Waals surface area contributed by atoms with Gasteiger partial charge < -0.3 is 10.5 Å². The van der Waals surface area contributed by atoms with E-state index in [1.807, 2.05) is 0 Å². The zero-order valence-electron chi connectivity index (χ0n) is 11.7. The second-order valence-electron chi connectivity index (χ2n) is 5.35. The molecule has 2 unspecified atom stereocenters. The van der Waals surface area contributed by atoms with Crippen LogP contribution in [0.25, 0.3) is 0 Å². The van der Waals surface area contributed by atoms with Gasteiger partial charge in [0.2, 0.25) is 0 Å². The van der Waals surface area contributed by atoms with Crippen molar-refractivity contribution >= 4 is 15.9 Å². The van der Waals surface area contributed by atoms with Crippen molar-refractivity contribution in [3.63, 3.8) is 0 Å². The summed E-state index contributed by atoms with van der Waals surface area (Å²) in [5.41, 5.74) is 8.50. The van der Waals surface area contributed by atoms with Gasteiger partial charge in [-0.05, 0) is 44.0 Å². The highest BCUT2D eigenvalue weighted by molar-refractivity contribution is 9.10. The van der Waals surface area contributed by atoms with Gasteiger partial charge in [0.1, 0.15) is 0 Å². The third-order valence-corrected chi connectivity index (χ3v) is 4.47. The maximum absolute atomic E-state index is 5.98. The van der Waals surface area contributed by atoms with Gasteiger partial charge in [-0.2, -0.15) is 0 Å². The van der Waals surface area contributed by atoms with E-state index in [2.05, 4.69) is 53.0 Å². The molecule has 2 N–H and O–H groups in total. The number of nitrogens with two attached hydrogens (primary N) is 1. The lowest BCUT2D eigenvalue weighted by Gasteiger charge is -2.30. The summed E-state index contributed by atoms with van der Waals surface area (Å²) in [4.78, 5) is 2.31. The van der Waals surface area contributed by atoms with E-state index < -0.39 is 0 Å². The lowest BCUT2D eigenvalue weighted by Crippen LogP contribution is -2.36. The molecule has 0 bridgehead atoms. The molecule has 3 nitrogen and oxygen atoms in total. The first-order chi connectivity index (χ1) is 9.11. The Morgan fingerprint density at radius 2 is 2.32 bits per heavy atom. The number of aryl methyl sites for hydroxylation is 1. The molecule has 1 aromatic carbocycles. The molecule has 19 heavy (non-hydrogen) atoms. The molecule has 2 atom stereocenters. The van der Waals surface area contributed by atoms with Crippen molar-refractivity contribution in [3.05, 3.63) is 33.8 Å². The first kappa shape index (κ1) is 15.0. The zero-order valence-corrected chi connectivity index (χ0v) is 13.3. The van der Waals surface area contributed by atoms with Crippen LogP contribution in [0.3, 0.4) is 0 Å². The molecule has 0 aliphatic carbocycles. The van der Waals surface area contributed by atoms with Gasteiger partial charge in [0, 0.05) is 30.2 Å². The quantitative estimate of drug-likeness (QED) is 0.904. The molecule has 0 radical (unpaired) electrons. The Morgan fingerprint density at radius 3 is 2.89 bits per heavy atom. The average Bonchev–Trinajstić information content (AvgIpc) is 2.85. The largest absolute Gasteiger partial charge is 0.377 e. The van der Waals surface area contributed by atoms with Crippen LogP contribution in [0.5, 0.6) is 0 Å². The summed E-state index contributed by atoms with van der Waals surface area (Å²) in [5, 5.41) is 0. The molecule has 0 aromatic heterocycles. The van der Waals surface area contributed by atoms with Crippen LogP contribution in [0.1, 0.15) is 30.0 Å². The maximum Gasteiger partial charge on any atom is 0.0702 e. The summed E-state index contributed by atoms with van der Waals surface area (Å²) in [7, 11) is 2.13. The average molecular weight is 327 g/mol. The number of halogens is 1. The van der Waals surface area contributed by atoms with Crippen molar-refractivity contribution in [2.24, 2.45) is 5.73 Å². The first-order valence-corrected chi connectivity index (χ1v) is 7.69. The lowest BCUT2D eigenvalue weighted by atomic mass is 10.0. The van der Waals surface area contributed by atoms with Crippen LogP contribution < -0.4 is 5.73 Å². The number of benzene rings is 1. The Labute approximate surface area is 124 Å². The third-order valence-electron chi connectivity index (χ3n) is 3.79. The Balaban J connectivity index is 2.09. The van der Waals surface area contributed by atoms with E-state index in [0.717, 1.165) is 24.0 Å². The van der Waals surface area contributed by atoms with Crippen molar-refractivity contribution in [3.8, 4) is 0 Å². The van der Waals surface area contributed by atoms with Crippen LogP contribution in [-0.4, -0.2) is 37.7 Å². The first-order valence-electron chi connectivity index (χ1n) is 6.89. The van der Waals surface area contributed by atoms with E-state index in [9.17, 15) is 0 Å². The van der Waals surface area contributed by atoms with E-state index in [0.29, 0.717) is 12.6 Å². The monoisotopic (exact) mass is 326 g/mol. The third kappa shape index (κ3) is 3.78. The summed E-state index contributed by atoms with van der Waals surface area (Å²) < 4.78 is 6.85. The molecule has 1 fully saturated rings. The van der Waals surface area contributed by atoms with Gasteiger partial charge in [-0.25, -0.2) is 0 Å². The lowest BCUT2D eigenvalue weighted by molar-refractivity contribution is 0.0688. The van der Waals surface area contributed by atoms with Crippen molar-refractivity contribution in [2.45, 2.75) is 31.9 Å². The van der Waals surface area contributed by atoms with E-state index in [1.165, 1.54) is 17.5 Å². The second kappa shape index (κ2) is 6.84. The van der Waals surface area contributed by atoms with Gasteiger partial charge in [0.25, 0.3) is 0 Å². The van der Waals surface area contributed by atoms with E-state index in [1.54, 1.807) is 0 Å². The zero-order chi connectivity index (χ0) is 13.8. The van der Waals surface area contributed by atoms with Crippen LogP contribution in [0, 0.1) is 6.92 Å². The Kier molecular flexibility index (Phi) is 5.39. The Bertz CT molecular complexity index is 419. The summed E-state index contributed by atoms with van der Waals surface area (Å²) in [6, 6.07) is 6.70. The Hall–Kier alpha value is -0.420. The predicted octanol–water partition coefficient (Wildman–Crippen LogP) is 2.87.